The SMILES string of the molecule is Cc1nnc(S(=O)(=O)CCC(F)=C(F)F)s1. The van der Waals surface area contributed by atoms with E-state index in [1.54, 1.807) is 6.92 Å². The fourth-order valence-electron chi connectivity index (χ4n) is 0.810. The van der Waals surface area contributed by atoms with Gasteiger partial charge in [-0.15, -0.1) is 10.2 Å². The van der Waals surface area contributed by atoms with Crippen molar-refractivity contribution in [2.24, 2.45) is 0 Å². The molecule has 90 valence electrons. The summed E-state index contributed by atoms with van der Waals surface area (Å²) in [5.41, 5.74) is 0. The Hall–Kier alpha value is -0.960. The quantitative estimate of drug-likeness (QED) is 0.842. The fraction of sp³-hybridized carbons (Fsp3) is 0.429. The van der Waals surface area contributed by atoms with E-state index in [2.05, 4.69) is 10.2 Å². The van der Waals surface area contributed by atoms with Gasteiger partial charge in [0.05, 0.1) is 5.75 Å². The number of halogens is 3. The molecule has 0 saturated carbocycles. The maximum Gasteiger partial charge on any atom is 0.301 e. The Morgan fingerprint density at radius 1 is 1.31 bits per heavy atom. The monoisotopic (exact) mass is 272 g/mol. The third-order valence-electron chi connectivity index (χ3n) is 1.57. The van der Waals surface area contributed by atoms with Crippen molar-refractivity contribution in [3.8, 4) is 0 Å². The Kier molecular flexibility index (Phi) is 4.03. The van der Waals surface area contributed by atoms with Crippen molar-refractivity contribution in [3.63, 3.8) is 0 Å². The van der Waals surface area contributed by atoms with Crippen molar-refractivity contribution in [3.05, 3.63) is 16.9 Å². The van der Waals surface area contributed by atoms with E-state index in [-0.39, 0.29) is 4.34 Å². The average molecular weight is 272 g/mol. The summed E-state index contributed by atoms with van der Waals surface area (Å²) in [5, 5.41) is 7.28. The molecule has 0 aromatic carbocycles. The van der Waals surface area contributed by atoms with E-state index < -0.39 is 33.9 Å². The van der Waals surface area contributed by atoms with Crippen LogP contribution in [-0.4, -0.2) is 24.4 Å². The number of allylic oxidation sites excluding steroid dienone is 1. The van der Waals surface area contributed by atoms with E-state index in [0.717, 1.165) is 11.3 Å². The summed E-state index contributed by atoms with van der Waals surface area (Å²) in [5.74, 6) is -2.46. The van der Waals surface area contributed by atoms with Crippen molar-refractivity contribution in [1.82, 2.24) is 10.2 Å². The molecule has 1 aromatic rings. The molecule has 0 spiro atoms. The first-order valence-corrected chi connectivity index (χ1v) is 6.52. The van der Waals surface area contributed by atoms with Gasteiger partial charge in [0.1, 0.15) is 5.01 Å². The van der Waals surface area contributed by atoms with Crippen LogP contribution in [0.15, 0.2) is 16.2 Å². The normalized spacial score (nSPS) is 11.5. The summed E-state index contributed by atoms with van der Waals surface area (Å²) < 4.78 is 58.4. The molecule has 1 rings (SSSR count). The van der Waals surface area contributed by atoms with Crippen LogP contribution >= 0.6 is 11.3 Å². The van der Waals surface area contributed by atoms with Crippen LogP contribution in [0.25, 0.3) is 0 Å². The van der Waals surface area contributed by atoms with E-state index in [1.165, 1.54) is 0 Å². The highest BCUT2D eigenvalue weighted by Gasteiger charge is 2.21. The number of hydrogen-bond donors (Lipinski definition) is 0. The van der Waals surface area contributed by atoms with Crippen LogP contribution in [0.2, 0.25) is 0 Å². The zero-order valence-electron chi connectivity index (χ0n) is 8.08. The summed E-state index contributed by atoms with van der Waals surface area (Å²) in [6.07, 6.45) is -3.35. The minimum atomic E-state index is -3.83. The second-order valence-electron chi connectivity index (χ2n) is 2.82. The maximum atomic E-state index is 12.4. The van der Waals surface area contributed by atoms with Gasteiger partial charge >= 0.3 is 6.08 Å². The Morgan fingerprint density at radius 3 is 2.38 bits per heavy atom. The largest absolute Gasteiger partial charge is 0.301 e. The van der Waals surface area contributed by atoms with Crippen LogP contribution in [-0.2, 0) is 9.84 Å². The molecule has 0 atom stereocenters. The number of aromatic nitrogens is 2. The van der Waals surface area contributed by atoms with Crippen LogP contribution in [0.1, 0.15) is 11.4 Å². The molecular formula is C7H7F3N2O2S2. The molecule has 16 heavy (non-hydrogen) atoms. The molecule has 1 heterocycles. The highest BCUT2D eigenvalue weighted by molar-refractivity contribution is 7.93. The third kappa shape index (κ3) is 3.27. The molecule has 4 nitrogen and oxygen atoms in total. The first-order chi connectivity index (χ1) is 7.33. The Labute approximate surface area is 93.7 Å². The van der Waals surface area contributed by atoms with Gasteiger partial charge < -0.3 is 0 Å². The molecule has 1 aromatic heterocycles. The van der Waals surface area contributed by atoms with Gasteiger partial charge in [-0.25, -0.2) is 12.8 Å². The predicted octanol–water partition coefficient (Wildman–Crippen LogP) is 2.09. The highest BCUT2D eigenvalue weighted by Crippen LogP contribution is 2.20. The Morgan fingerprint density at radius 2 is 1.94 bits per heavy atom. The second-order valence-corrected chi connectivity index (χ2v) is 6.29. The standard InChI is InChI=1S/C7H7F3N2O2S2/c1-4-11-12-7(15-4)16(13,14)3-2-5(8)6(9)10/h2-3H2,1H3. The zero-order chi connectivity index (χ0) is 12.3. The number of hydrogen-bond acceptors (Lipinski definition) is 5. The van der Waals surface area contributed by atoms with Crippen molar-refractivity contribution < 1.29 is 21.6 Å². The molecule has 0 bridgehead atoms. The lowest BCUT2D eigenvalue weighted by atomic mass is 10.4. The van der Waals surface area contributed by atoms with E-state index in [4.69, 9.17) is 0 Å². The molecule has 0 radical (unpaired) electrons. The molecule has 0 aliphatic heterocycles. The summed E-state index contributed by atoms with van der Waals surface area (Å²) >= 11 is 0.819. The number of nitrogens with zero attached hydrogens (tertiary/aromatic N) is 2. The van der Waals surface area contributed by atoms with Gasteiger partial charge in [0.25, 0.3) is 0 Å². The second kappa shape index (κ2) is 4.91. The number of aryl methyl sites for hydroxylation is 1. The molecule has 0 aliphatic rings. The summed E-state index contributed by atoms with van der Waals surface area (Å²) in [6.45, 7) is 1.55. The topological polar surface area (TPSA) is 59.9 Å². The number of sulfone groups is 1. The first kappa shape index (κ1) is 13.1. The van der Waals surface area contributed by atoms with E-state index in [9.17, 15) is 21.6 Å². The summed E-state index contributed by atoms with van der Waals surface area (Å²) in [4.78, 5) is 0. The van der Waals surface area contributed by atoms with Crippen molar-refractivity contribution in [2.75, 3.05) is 5.75 Å². The Bertz CT molecular complexity index is 505. The highest BCUT2D eigenvalue weighted by atomic mass is 32.2. The summed E-state index contributed by atoms with van der Waals surface area (Å²) in [7, 11) is -3.83. The maximum absolute atomic E-state index is 12.4. The third-order valence-corrected chi connectivity index (χ3v) is 4.57. The molecule has 9 heteroatoms. The molecule has 0 unspecified atom stereocenters. The van der Waals surface area contributed by atoms with Crippen LogP contribution in [0.4, 0.5) is 13.2 Å². The first-order valence-electron chi connectivity index (χ1n) is 4.05. The lowest BCUT2D eigenvalue weighted by Crippen LogP contribution is -2.06. The fourth-order valence-corrected chi connectivity index (χ4v) is 3.13. The smallest absolute Gasteiger partial charge is 0.221 e. The van der Waals surface area contributed by atoms with E-state index in [1.807, 2.05) is 0 Å². The Balaban J connectivity index is 2.78. The van der Waals surface area contributed by atoms with Gasteiger partial charge in [-0.2, -0.15) is 8.78 Å². The molecular weight excluding hydrogens is 265 g/mol. The van der Waals surface area contributed by atoms with Crippen LogP contribution in [0.3, 0.4) is 0 Å². The van der Waals surface area contributed by atoms with Crippen molar-refractivity contribution in [2.45, 2.75) is 17.7 Å². The van der Waals surface area contributed by atoms with Crippen LogP contribution in [0.5, 0.6) is 0 Å². The minimum absolute atomic E-state index is 0.280. The minimum Gasteiger partial charge on any atom is -0.221 e. The molecule has 0 fully saturated rings. The molecule has 0 N–H and O–H groups in total. The van der Waals surface area contributed by atoms with Gasteiger partial charge in [0, 0.05) is 6.42 Å². The van der Waals surface area contributed by atoms with Gasteiger partial charge in [-0.05, 0) is 6.92 Å². The van der Waals surface area contributed by atoms with E-state index in [0.29, 0.717) is 5.01 Å². The van der Waals surface area contributed by atoms with Crippen molar-refractivity contribution >= 4 is 21.2 Å². The number of rotatable bonds is 4. The van der Waals surface area contributed by atoms with Crippen LogP contribution < -0.4 is 0 Å². The molecule has 0 amide bonds. The van der Waals surface area contributed by atoms with Gasteiger partial charge in [0.15, 0.2) is 5.83 Å². The van der Waals surface area contributed by atoms with Crippen LogP contribution in [0, 0.1) is 6.92 Å². The average Bonchev–Trinajstić information content (AvgIpc) is 2.61. The van der Waals surface area contributed by atoms with Gasteiger partial charge in [0.2, 0.25) is 14.2 Å². The summed E-state index contributed by atoms with van der Waals surface area (Å²) in [6, 6.07) is 0. The van der Waals surface area contributed by atoms with Gasteiger partial charge in [-0.3, -0.25) is 0 Å². The lowest BCUT2D eigenvalue weighted by Gasteiger charge is -1.97. The lowest BCUT2D eigenvalue weighted by molar-refractivity contribution is 0.373. The van der Waals surface area contributed by atoms with Gasteiger partial charge in [-0.1, -0.05) is 11.3 Å². The molecule has 0 saturated heterocycles. The van der Waals surface area contributed by atoms with E-state index >= 15 is 0 Å². The predicted molar refractivity (Wildman–Crippen MR) is 51.7 cm³/mol. The van der Waals surface area contributed by atoms with Crippen molar-refractivity contribution in [1.29, 1.82) is 0 Å². The molecule has 0 aliphatic carbocycles. The zero-order valence-corrected chi connectivity index (χ0v) is 9.71.